The van der Waals surface area contributed by atoms with Crippen LogP contribution in [0.5, 0.6) is 0 Å². The number of ether oxygens (including phenoxy) is 1. The summed E-state index contributed by atoms with van der Waals surface area (Å²) in [6, 6.07) is 1.55. The van der Waals surface area contributed by atoms with Crippen LogP contribution in [0.2, 0.25) is 0 Å². The standard InChI is InChI=1S/C14H12F3N7O/c15-14(16,17)11-10(8-4-21-23(5-8)9-6-25-7-9)12(18)24(22-11)13-19-2-1-3-20-13/h1-5,9H,6-7,18H2. The van der Waals surface area contributed by atoms with Crippen LogP contribution in [0.1, 0.15) is 11.7 Å². The number of halogens is 3. The minimum atomic E-state index is -4.69. The Morgan fingerprint density at radius 3 is 2.52 bits per heavy atom. The highest BCUT2D eigenvalue weighted by Crippen LogP contribution is 2.40. The summed E-state index contributed by atoms with van der Waals surface area (Å²) >= 11 is 0. The number of anilines is 1. The molecule has 0 amide bonds. The fourth-order valence-electron chi connectivity index (χ4n) is 2.51. The lowest BCUT2D eigenvalue weighted by molar-refractivity contribution is -0.140. The van der Waals surface area contributed by atoms with Gasteiger partial charge in [0.2, 0.25) is 0 Å². The van der Waals surface area contributed by atoms with Crippen LogP contribution in [0.3, 0.4) is 0 Å². The lowest BCUT2D eigenvalue weighted by atomic mass is 10.1. The minimum absolute atomic E-state index is 0.0109. The van der Waals surface area contributed by atoms with Gasteiger partial charge in [-0.1, -0.05) is 0 Å². The number of nitrogens with two attached hydrogens (primary N) is 1. The first-order valence-corrected chi connectivity index (χ1v) is 7.30. The second-order valence-electron chi connectivity index (χ2n) is 5.47. The van der Waals surface area contributed by atoms with Crippen LogP contribution >= 0.6 is 0 Å². The molecule has 25 heavy (non-hydrogen) atoms. The van der Waals surface area contributed by atoms with Crippen molar-refractivity contribution in [2.24, 2.45) is 0 Å². The molecule has 1 saturated heterocycles. The summed E-state index contributed by atoms with van der Waals surface area (Å²) in [4.78, 5) is 7.80. The second kappa shape index (κ2) is 5.55. The monoisotopic (exact) mass is 351 g/mol. The number of rotatable bonds is 3. The quantitative estimate of drug-likeness (QED) is 0.771. The number of hydrogen-bond donors (Lipinski definition) is 1. The summed E-state index contributed by atoms with van der Waals surface area (Å²) in [5.74, 6) is -0.250. The molecule has 4 heterocycles. The van der Waals surface area contributed by atoms with Crippen molar-refractivity contribution in [2.45, 2.75) is 12.2 Å². The molecular formula is C14H12F3N7O. The van der Waals surface area contributed by atoms with Crippen LogP contribution in [-0.2, 0) is 10.9 Å². The highest BCUT2D eigenvalue weighted by Gasteiger charge is 2.40. The molecule has 11 heteroatoms. The Morgan fingerprint density at radius 1 is 1.20 bits per heavy atom. The van der Waals surface area contributed by atoms with Crippen LogP contribution in [-0.4, -0.2) is 42.7 Å². The Kier molecular flexibility index (Phi) is 3.46. The minimum Gasteiger partial charge on any atom is -0.383 e. The summed E-state index contributed by atoms with van der Waals surface area (Å²) in [5.41, 5.74) is 4.82. The van der Waals surface area contributed by atoms with E-state index in [9.17, 15) is 13.2 Å². The lowest BCUT2D eigenvalue weighted by Gasteiger charge is -2.25. The molecule has 1 aliphatic heterocycles. The Bertz CT molecular complexity index is 899. The molecule has 0 aliphatic carbocycles. The molecule has 0 saturated carbocycles. The molecule has 4 rings (SSSR count). The normalized spacial score (nSPS) is 15.3. The Labute approximate surface area is 139 Å². The molecule has 0 bridgehead atoms. The maximum Gasteiger partial charge on any atom is 0.435 e. The topological polar surface area (TPSA) is 96.7 Å². The van der Waals surface area contributed by atoms with Crippen molar-refractivity contribution in [3.63, 3.8) is 0 Å². The van der Waals surface area contributed by atoms with E-state index in [0.717, 1.165) is 4.68 Å². The number of nitrogens with zero attached hydrogens (tertiary/aromatic N) is 6. The summed E-state index contributed by atoms with van der Waals surface area (Å²) in [7, 11) is 0. The van der Waals surface area contributed by atoms with Gasteiger partial charge in [-0.05, 0) is 6.07 Å². The molecule has 1 fully saturated rings. The van der Waals surface area contributed by atoms with Crippen LogP contribution in [0.4, 0.5) is 19.0 Å². The van der Waals surface area contributed by atoms with Crippen molar-refractivity contribution in [1.82, 2.24) is 29.5 Å². The van der Waals surface area contributed by atoms with Gasteiger partial charge in [-0.2, -0.15) is 28.1 Å². The van der Waals surface area contributed by atoms with E-state index in [0.29, 0.717) is 13.2 Å². The third kappa shape index (κ3) is 2.61. The third-order valence-electron chi connectivity index (χ3n) is 3.82. The number of alkyl halides is 3. The smallest absolute Gasteiger partial charge is 0.383 e. The van der Waals surface area contributed by atoms with Gasteiger partial charge < -0.3 is 10.5 Å². The molecule has 8 nitrogen and oxygen atoms in total. The fourth-order valence-corrected chi connectivity index (χ4v) is 2.51. The zero-order valence-corrected chi connectivity index (χ0v) is 12.7. The molecule has 0 unspecified atom stereocenters. The largest absolute Gasteiger partial charge is 0.435 e. The lowest BCUT2D eigenvalue weighted by Crippen LogP contribution is -2.30. The molecular weight excluding hydrogens is 339 g/mol. The molecule has 0 aromatic carbocycles. The van der Waals surface area contributed by atoms with E-state index in [1.165, 1.54) is 24.8 Å². The van der Waals surface area contributed by atoms with Crippen molar-refractivity contribution in [2.75, 3.05) is 18.9 Å². The average Bonchev–Trinajstić information content (AvgIpc) is 3.10. The molecule has 1 aliphatic rings. The van der Waals surface area contributed by atoms with E-state index in [1.807, 2.05) is 0 Å². The average molecular weight is 351 g/mol. The Morgan fingerprint density at radius 2 is 1.92 bits per heavy atom. The van der Waals surface area contributed by atoms with Crippen LogP contribution in [0.25, 0.3) is 17.1 Å². The zero-order valence-electron chi connectivity index (χ0n) is 12.7. The molecule has 3 aromatic heterocycles. The number of aromatic nitrogens is 6. The van der Waals surface area contributed by atoms with Crippen molar-refractivity contribution < 1.29 is 17.9 Å². The van der Waals surface area contributed by atoms with Gasteiger partial charge in [0.1, 0.15) is 5.82 Å². The summed E-state index contributed by atoms with van der Waals surface area (Å²) < 4.78 is 47.9. The van der Waals surface area contributed by atoms with Crippen LogP contribution < -0.4 is 5.73 Å². The number of hydrogen-bond acceptors (Lipinski definition) is 6. The van der Waals surface area contributed by atoms with Crippen molar-refractivity contribution in [3.8, 4) is 17.1 Å². The summed E-state index contributed by atoms with van der Waals surface area (Å²) in [6.45, 7) is 0.944. The van der Waals surface area contributed by atoms with Crippen LogP contribution in [0.15, 0.2) is 30.9 Å². The molecule has 130 valence electrons. The summed E-state index contributed by atoms with van der Waals surface area (Å²) in [5, 5.41) is 7.70. The van der Waals surface area contributed by atoms with E-state index < -0.39 is 11.9 Å². The Hall–Kier alpha value is -2.95. The van der Waals surface area contributed by atoms with Crippen molar-refractivity contribution in [1.29, 1.82) is 0 Å². The molecule has 0 radical (unpaired) electrons. The van der Waals surface area contributed by atoms with Gasteiger partial charge >= 0.3 is 6.18 Å². The second-order valence-corrected chi connectivity index (χ2v) is 5.47. The fraction of sp³-hybridized carbons (Fsp3) is 0.286. The molecule has 0 atom stereocenters. The highest BCUT2D eigenvalue weighted by atomic mass is 19.4. The van der Waals surface area contributed by atoms with Gasteiger partial charge in [-0.25, -0.2) is 9.97 Å². The summed E-state index contributed by atoms with van der Waals surface area (Å²) in [6.07, 6.45) is 0.935. The van der Waals surface area contributed by atoms with Crippen molar-refractivity contribution >= 4 is 5.82 Å². The first kappa shape index (κ1) is 15.6. The molecule has 3 aromatic rings. The Balaban J connectivity index is 1.85. The first-order valence-electron chi connectivity index (χ1n) is 7.30. The van der Waals surface area contributed by atoms with E-state index in [-0.39, 0.29) is 28.9 Å². The van der Waals surface area contributed by atoms with E-state index >= 15 is 0 Å². The molecule has 0 spiro atoms. The predicted molar refractivity (Wildman–Crippen MR) is 79.6 cm³/mol. The predicted octanol–water partition coefficient (Wildman–Crippen LogP) is 1.70. The van der Waals surface area contributed by atoms with Crippen LogP contribution in [0, 0.1) is 0 Å². The zero-order chi connectivity index (χ0) is 17.6. The van der Waals surface area contributed by atoms with E-state index in [2.05, 4.69) is 20.2 Å². The van der Waals surface area contributed by atoms with Gasteiger partial charge in [-0.15, -0.1) is 0 Å². The number of nitrogen functional groups attached to an aromatic ring is 1. The van der Waals surface area contributed by atoms with E-state index in [1.54, 1.807) is 10.7 Å². The van der Waals surface area contributed by atoms with Crippen molar-refractivity contribution in [3.05, 3.63) is 36.5 Å². The van der Waals surface area contributed by atoms with Gasteiger partial charge in [0.25, 0.3) is 5.95 Å². The van der Waals surface area contributed by atoms with Gasteiger partial charge in [0.05, 0.1) is 31.0 Å². The highest BCUT2D eigenvalue weighted by molar-refractivity contribution is 5.77. The molecule has 2 N–H and O–H groups in total. The van der Waals surface area contributed by atoms with E-state index in [4.69, 9.17) is 10.5 Å². The van der Waals surface area contributed by atoms with Gasteiger partial charge in [-0.3, -0.25) is 4.68 Å². The maximum atomic E-state index is 13.5. The third-order valence-corrected chi connectivity index (χ3v) is 3.82. The maximum absolute atomic E-state index is 13.5. The first-order chi connectivity index (χ1) is 11.9. The SMILES string of the molecule is Nc1c(-c2cnn(C3COC3)c2)c(C(F)(F)F)nn1-c1ncccn1. The van der Waals surface area contributed by atoms with Gasteiger partial charge in [0.15, 0.2) is 5.69 Å². The van der Waals surface area contributed by atoms with Gasteiger partial charge in [0, 0.05) is 24.2 Å².